The van der Waals surface area contributed by atoms with Gasteiger partial charge in [-0.25, -0.2) is 4.79 Å². The van der Waals surface area contributed by atoms with E-state index in [0.717, 1.165) is 0 Å². The monoisotopic (exact) mass is 241 g/mol. The third-order valence-corrected chi connectivity index (χ3v) is 3.32. The molecule has 0 rings (SSSR count). The van der Waals surface area contributed by atoms with Crippen molar-refractivity contribution < 1.29 is 9.53 Å². The molecule has 0 spiro atoms. The Morgan fingerprint density at radius 1 is 1.35 bits per heavy atom. The van der Waals surface area contributed by atoms with E-state index in [1.165, 1.54) is 0 Å². The lowest BCUT2D eigenvalue weighted by atomic mass is 10.2. The zero-order valence-corrected chi connectivity index (χ0v) is 10.3. The fraction of sp³-hybridized carbons (Fsp3) is 0.308. The van der Waals surface area contributed by atoms with E-state index in [1.54, 1.807) is 0 Å². The highest BCUT2D eigenvalue weighted by Crippen LogP contribution is 2.10. The number of nitriles is 1. The predicted molar refractivity (Wildman–Crippen MR) is 63.5 cm³/mol. The fourth-order valence-corrected chi connectivity index (χ4v) is 2.10. The number of carbonyl (C=O) groups excluding carboxylic acids is 1. The first-order valence-corrected chi connectivity index (χ1v) is 7.10. The third-order valence-electron chi connectivity index (χ3n) is 1.55. The quantitative estimate of drug-likeness (QED) is 0.321. The molecule has 4 heteroatoms. The number of rotatable bonds is 4. The van der Waals surface area contributed by atoms with E-state index >= 15 is 0 Å². The molecule has 17 heavy (non-hydrogen) atoms. The zero-order valence-electron chi connectivity index (χ0n) is 9.27. The number of hydrogen-bond acceptors (Lipinski definition) is 3. The smallest absolute Gasteiger partial charge is 0.384 e. The molecule has 0 heterocycles. The van der Waals surface area contributed by atoms with Gasteiger partial charge in [0.15, 0.2) is 0 Å². The van der Waals surface area contributed by atoms with E-state index in [4.69, 9.17) is 39.1 Å². The summed E-state index contributed by atoms with van der Waals surface area (Å²) in [5.74, 6) is 1.09. The number of ether oxygens (including phenoxy) is 1. The lowest BCUT2D eigenvalue weighted by Crippen LogP contribution is -2.27. The second-order valence-corrected chi connectivity index (χ2v) is 6.38. The van der Waals surface area contributed by atoms with Crippen LogP contribution in [0.2, 0.25) is 6.04 Å². The molecule has 0 amide bonds. The normalized spacial score (nSPS) is 11.1. The van der Waals surface area contributed by atoms with E-state index in [2.05, 4.69) is 16.2 Å². The van der Waals surface area contributed by atoms with Crippen molar-refractivity contribution in [2.45, 2.75) is 24.5 Å². The van der Waals surface area contributed by atoms with Crippen LogP contribution >= 0.6 is 0 Å². The van der Waals surface area contributed by atoms with Crippen LogP contribution in [-0.4, -0.2) is 19.6 Å². The molecule has 0 saturated carbocycles. The van der Waals surface area contributed by atoms with Crippen LogP contribution < -0.4 is 0 Å². The fourth-order valence-electron chi connectivity index (χ4n) is 0.876. The van der Waals surface area contributed by atoms with Gasteiger partial charge < -0.3 is 4.74 Å². The largest absolute Gasteiger partial charge is 0.449 e. The Kier molecular flexibility index (Phi) is 5.99. The van der Waals surface area contributed by atoms with Crippen LogP contribution in [0.3, 0.4) is 0 Å². The standard InChI is InChI=1S/C13H11NO2Si/c1-13(2,3)16-12(15)8-11-17(4,5)10-7-6-9-14/h1-5H,6-7,10H2. The molecule has 0 aliphatic heterocycles. The minimum absolute atomic E-state index is 0.340. The van der Waals surface area contributed by atoms with Gasteiger partial charge in [0.05, 0.1) is 6.07 Å². The minimum atomic E-state index is -2.81. The second-order valence-electron chi connectivity index (χ2n) is 3.55. The zero-order chi connectivity index (χ0) is 13.5. The van der Waals surface area contributed by atoms with Gasteiger partial charge in [0.25, 0.3) is 0 Å². The molecule has 0 aromatic rings. The van der Waals surface area contributed by atoms with Crippen molar-refractivity contribution in [3.8, 4) is 17.5 Å². The summed E-state index contributed by atoms with van der Waals surface area (Å²) in [5.41, 5.74) is 0.365. The first kappa shape index (κ1) is 15.7. The Balaban J connectivity index is 4.32. The van der Waals surface area contributed by atoms with Gasteiger partial charge in [0.1, 0.15) is 13.7 Å². The molecular formula is C13H11NO2Si. The molecule has 0 aromatic carbocycles. The molecule has 0 aliphatic rings. The Morgan fingerprint density at radius 3 is 2.41 bits per heavy atom. The van der Waals surface area contributed by atoms with Crippen LogP contribution in [0, 0.1) is 56.7 Å². The van der Waals surface area contributed by atoms with Gasteiger partial charge in [0.2, 0.25) is 0 Å². The highest BCUT2D eigenvalue weighted by molar-refractivity contribution is 6.90. The van der Waals surface area contributed by atoms with Crippen molar-refractivity contribution >= 4 is 14.0 Å². The van der Waals surface area contributed by atoms with Crippen LogP contribution in [0.5, 0.6) is 0 Å². The molecule has 0 atom stereocenters. The van der Waals surface area contributed by atoms with E-state index < -0.39 is 19.6 Å². The van der Waals surface area contributed by atoms with Crippen molar-refractivity contribution in [3.63, 3.8) is 0 Å². The molecule has 84 valence electrons. The van der Waals surface area contributed by atoms with Crippen molar-refractivity contribution in [3.05, 3.63) is 33.9 Å². The molecule has 0 saturated heterocycles. The van der Waals surface area contributed by atoms with E-state index in [-0.39, 0.29) is 0 Å². The average molecular weight is 241 g/mol. The summed E-state index contributed by atoms with van der Waals surface area (Å²) in [6.45, 7) is 26.5. The number of carbonyl (C=O) groups is 1. The van der Waals surface area contributed by atoms with Gasteiger partial charge >= 0.3 is 5.97 Å². The molecule has 10 radical (unpaired) electrons. The molecule has 3 nitrogen and oxygen atoms in total. The average Bonchev–Trinajstić information content (AvgIpc) is 2.13. The summed E-state index contributed by atoms with van der Waals surface area (Å²) >= 11 is 0. The van der Waals surface area contributed by atoms with Crippen molar-refractivity contribution in [2.24, 2.45) is 0 Å². The minimum Gasteiger partial charge on any atom is -0.449 e. The lowest BCUT2D eigenvalue weighted by Gasteiger charge is -2.16. The molecule has 0 fully saturated rings. The molecule has 0 aromatic heterocycles. The molecule has 0 bridgehead atoms. The summed E-state index contributed by atoms with van der Waals surface area (Å²) in [4.78, 5) is 11.1. The number of esters is 1. The summed E-state index contributed by atoms with van der Waals surface area (Å²) in [6.07, 6.45) is 0.876. The summed E-state index contributed by atoms with van der Waals surface area (Å²) in [6, 6.07) is 2.36. The van der Waals surface area contributed by atoms with Gasteiger partial charge in [-0.3, -0.25) is 0 Å². The van der Waals surface area contributed by atoms with Gasteiger partial charge in [-0.15, -0.1) is 5.54 Å². The van der Waals surface area contributed by atoms with Crippen molar-refractivity contribution in [1.29, 1.82) is 5.26 Å². The van der Waals surface area contributed by atoms with Crippen molar-refractivity contribution in [1.82, 2.24) is 0 Å². The Hall–Kier alpha value is -1.26. The predicted octanol–water partition coefficient (Wildman–Crippen LogP) is 1.20. The van der Waals surface area contributed by atoms with E-state index in [0.29, 0.717) is 18.9 Å². The summed E-state index contributed by atoms with van der Waals surface area (Å²) in [5, 5.41) is 8.34. The maximum absolute atomic E-state index is 11.1. The van der Waals surface area contributed by atoms with Gasteiger partial charge in [0, 0.05) is 33.1 Å². The number of unbranched alkanes of at least 4 members (excludes halogenated alkanes) is 1. The lowest BCUT2D eigenvalue weighted by molar-refractivity contribution is -0.142. The maximum atomic E-state index is 11.1. The van der Waals surface area contributed by atoms with Gasteiger partial charge in [-0.1, -0.05) is 0 Å². The van der Waals surface area contributed by atoms with Gasteiger partial charge in [-0.05, 0) is 25.6 Å². The Bertz CT molecular complexity index is 364. The first-order valence-electron chi connectivity index (χ1n) is 4.74. The SMILES string of the molecule is [CH]C([CH])([CH])OC(=O)C#C[Si]([CH])([CH])CCCC#N. The van der Waals surface area contributed by atoms with Gasteiger partial charge in [-0.2, -0.15) is 5.26 Å². The molecule has 0 aliphatic carbocycles. The first-order chi connectivity index (χ1) is 7.66. The van der Waals surface area contributed by atoms with Crippen LogP contribution in [0.15, 0.2) is 0 Å². The maximum Gasteiger partial charge on any atom is 0.384 e. The van der Waals surface area contributed by atoms with Crippen LogP contribution in [0.4, 0.5) is 0 Å². The number of hydrogen-bond donors (Lipinski definition) is 0. The van der Waals surface area contributed by atoms with Crippen LogP contribution in [0.1, 0.15) is 12.8 Å². The Morgan fingerprint density at radius 2 is 1.94 bits per heavy atom. The van der Waals surface area contributed by atoms with Crippen LogP contribution in [0.25, 0.3) is 0 Å². The molecular weight excluding hydrogens is 230 g/mol. The van der Waals surface area contributed by atoms with Crippen molar-refractivity contribution in [2.75, 3.05) is 0 Å². The van der Waals surface area contributed by atoms with Crippen LogP contribution in [-0.2, 0) is 9.53 Å². The topological polar surface area (TPSA) is 50.1 Å². The second kappa shape index (κ2) is 6.47. The summed E-state index contributed by atoms with van der Waals surface area (Å²) < 4.78 is 4.34. The highest BCUT2D eigenvalue weighted by Gasteiger charge is 2.20. The van der Waals surface area contributed by atoms with E-state index in [1.807, 2.05) is 6.07 Å². The Labute approximate surface area is 105 Å². The third kappa shape index (κ3) is 9.65. The summed E-state index contributed by atoms with van der Waals surface area (Å²) in [7, 11) is -2.81. The van der Waals surface area contributed by atoms with E-state index in [9.17, 15) is 4.79 Å². The number of nitrogens with zero attached hydrogens (tertiary/aromatic N) is 1. The highest BCUT2D eigenvalue weighted by atomic mass is 28.3. The molecule has 0 unspecified atom stereocenters. The molecule has 0 N–H and O–H groups in total.